The van der Waals surface area contributed by atoms with Gasteiger partial charge in [-0.25, -0.2) is 15.0 Å². The molecule has 0 aliphatic rings. The van der Waals surface area contributed by atoms with Gasteiger partial charge < -0.3 is 9.73 Å². The number of hydrogen-bond acceptors (Lipinski definition) is 5. The Morgan fingerprint density at radius 1 is 1.03 bits per heavy atom. The van der Waals surface area contributed by atoms with E-state index < -0.39 is 0 Å². The van der Waals surface area contributed by atoms with E-state index in [4.69, 9.17) is 9.40 Å². The highest BCUT2D eigenvalue weighted by Crippen LogP contribution is 2.32. The Balaban J connectivity index is 1.80. The maximum atomic E-state index is 6.00. The highest BCUT2D eigenvalue weighted by molar-refractivity contribution is 5.73. The van der Waals surface area contributed by atoms with Gasteiger partial charge in [-0.15, -0.1) is 0 Å². The second-order valence-corrected chi connectivity index (χ2v) is 7.99. The number of fused-ring (bicyclic) bond motifs is 1. The molecule has 0 amide bonds. The SMILES string of the molecule is Cc1cc(C)n2c(NC(C)(C)C)c(-c3ccc(C#Cc4ccccn4)o3)nc2n1. The summed E-state index contributed by atoms with van der Waals surface area (Å²) in [5, 5.41) is 3.55. The lowest BCUT2D eigenvalue weighted by molar-refractivity contribution is 0.566. The molecule has 4 rings (SSSR count). The van der Waals surface area contributed by atoms with Crippen LogP contribution in [0, 0.1) is 25.7 Å². The van der Waals surface area contributed by atoms with E-state index in [2.05, 4.69) is 47.9 Å². The first-order valence-electron chi connectivity index (χ1n) is 9.48. The lowest BCUT2D eigenvalue weighted by Gasteiger charge is -2.22. The van der Waals surface area contributed by atoms with Gasteiger partial charge in [-0.05, 0) is 76.8 Å². The Morgan fingerprint density at radius 3 is 2.59 bits per heavy atom. The van der Waals surface area contributed by atoms with Crippen molar-refractivity contribution in [2.75, 3.05) is 5.32 Å². The molecule has 0 aliphatic heterocycles. The molecule has 0 radical (unpaired) electrons. The molecule has 0 saturated carbocycles. The molecule has 0 atom stereocenters. The van der Waals surface area contributed by atoms with Crippen molar-refractivity contribution in [1.29, 1.82) is 0 Å². The summed E-state index contributed by atoms with van der Waals surface area (Å²) < 4.78 is 8.02. The summed E-state index contributed by atoms with van der Waals surface area (Å²) in [6.45, 7) is 10.3. The number of pyridine rings is 1. The van der Waals surface area contributed by atoms with E-state index >= 15 is 0 Å². The number of nitrogens with one attached hydrogen (secondary N) is 1. The number of imidazole rings is 1. The van der Waals surface area contributed by atoms with E-state index in [1.54, 1.807) is 6.20 Å². The van der Waals surface area contributed by atoms with E-state index in [1.165, 1.54) is 0 Å². The average Bonchev–Trinajstić information content (AvgIpc) is 3.24. The Morgan fingerprint density at radius 2 is 1.86 bits per heavy atom. The number of aryl methyl sites for hydroxylation is 2. The molecule has 0 fully saturated rings. The van der Waals surface area contributed by atoms with E-state index in [1.807, 2.05) is 54.6 Å². The van der Waals surface area contributed by atoms with E-state index in [0.717, 1.165) is 17.2 Å². The highest BCUT2D eigenvalue weighted by atomic mass is 16.3. The number of furan rings is 1. The van der Waals surface area contributed by atoms with Gasteiger partial charge in [0.2, 0.25) is 5.78 Å². The fourth-order valence-electron chi connectivity index (χ4n) is 3.11. The van der Waals surface area contributed by atoms with Crippen LogP contribution >= 0.6 is 0 Å². The molecule has 0 aromatic carbocycles. The van der Waals surface area contributed by atoms with Crippen molar-refractivity contribution in [2.45, 2.75) is 40.2 Å². The number of anilines is 1. The number of rotatable bonds is 2. The second kappa shape index (κ2) is 7.10. The van der Waals surface area contributed by atoms with Crippen LogP contribution in [-0.4, -0.2) is 24.9 Å². The number of nitrogens with zero attached hydrogens (tertiary/aromatic N) is 4. The van der Waals surface area contributed by atoms with Crippen molar-refractivity contribution in [2.24, 2.45) is 0 Å². The van der Waals surface area contributed by atoms with Crippen molar-refractivity contribution >= 4 is 11.6 Å². The van der Waals surface area contributed by atoms with Crippen molar-refractivity contribution in [1.82, 2.24) is 19.4 Å². The minimum atomic E-state index is -0.157. The van der Waals surface area contributed by atoms with Crippen LogP contribution in [0.1, 0.15) is 43.6 Å². The first-order valence-corrected chi connectivity index (χ1v) is 9.48. The van der Waals surface area contributed by atoms with Crippen LogP contribution < -0.4 is 5.32 Å². The van der Waals surface area contributed by atoms with E-state index in [0.29, 0.717) is 28.7 Å². The molecule has 4 aromatic heterocycles. The third-order valence-electron chi connectivity index (χ3n) is 4.22. The van der Waals surface area contributed by atoms with Crippen molar-refractivity contribution in [3.63, 3.8) is 0 Å². The van der Waals surface area contributed by atoms with Gasteiger partial charge in [0, 0.05) is 23.1 Å². The van der Waals surface area contributed by atoms with Gasteiger partial charge >= 0.3 is 0 Å². The molecule has 0 unspecified atom stereocenters. The summed E-state index contributed by atoms with van der Waals surface area (Å²) in [5.74, 6) is 8.74. The smallest absolute Gasteiger partial charge is 0.236 e. The third-order valence-corrected chi connectivity index (χ3v) is 4.22. The maximum Gasteiger partial charge on any atom is 0.236 e. The summed E-state index contributed by atoms with van der Waals surface area (Å²) in [6.07, 6.45) is 1.72. The molecule has 6 nitrogen and oxygen atoms in total. The third kappa shape index (κ3) is 3.99. The van der Waals surface area contributed by atoms with Crippen LogP contribution in [0.4, 0.5) is 5.82 Å². The molecule has 4 heterocycles. The molecule has 29 heavy (non-hydrogen) atoms. The molecule has 4 aromatic rings. The molecule has 1 N–H and O–H groups in total. The quantitative estimate of drug-likeness (QED) is 0.510. The molecular formula is C23H23N5O. The lowest BCUT2D eigenvalue weighted by atomic mass is 10.1. The normalized spacial score (nSPS) is 11.3. The summed E-state index contributed by atoms with van der Waals surface area (Å²) in [4.78, 5) is 13.6. The molecule has 146 valence electrons. The largest absolute Gasteiger partial charge is 0.446 e. The van der Waals surface area contributed by atoms with Gasteiger partial charge in [0.15, 0.2) is 17.2 Å². The van der Waals surface area contributed by atoms with Crippen LogP contribution in [0.15, 0.2) is 47.0 Å². The zero-order chi connectivity index (χ0) is 20.6. The monoisotopic (exact) mass is 385 g/mol. The van der Waals surface area contributed by atoms with Gasteiger partial charge in [0.1, 0.15) is 11.5 Å². The van der Waals surface area contributed by atoms with Crippen LogP contribution in [0.2, 0.25) is 0 Å². The van der Waals surface area contributed by atoms with E-state index in [9.17, 15) is 0 Å². The zero-order valence-corrected chi connectivity index (χ0v) is 17.2. The highest BCUT2D eigenvalue weighted by Gasteiger charge is 2.23. The van der Waals surface area contributed by atoms with Gasteiger partial charge in [-0.2, -0.15) is 0 Å². The summed E-state index contributed by atoms with van der Waals surface area (Å²) in [6, 6.07) is 11.4. The Hall–Kier alpha value is -3.59. The second-order valence-electron chi connectivity index (χ2n) is 7.99. The van der Waals surface area contributed by atoms with Gasteiger partial charge in [0.25, 0.3) is 0 Å². The predicted molar refractivity (Wildman–Crippen MR) is 114 cm³/mol. The minimum Gasteiger partial charge on any atom is -0.446 e. The molecule has 0 bridgehead atoms. The molecule has 0 spiro atoms. The van der Waals surface area contributed by atoms with Crippen LogP contribution in [-0.2, 0) is 0 Å². The fraction of sp³-hybridized carbons (Fsp3) is 0.261. The van der Waals surface area contributed by atoms with E-state index in [-0.39, 0.29) is 5.54 Å². The maximum absolute atomic E-state index is 6.00. The zero-order valence-electron chi connectivity index (χ0n) is 17.2. The standard InChI is InChI=1S/C23H23N5O/c1-15-14-16(2)28-21(27-23(3,4)5)20(26-22(28)25-15)19-12-11-18(29-19)10-9-17-8-6-7-13-24-17/h6-8,11-14,27H,1-5H3. The summed E-state index contributed by atoms with van der Waals surface area (Å²) in [7, 11) is 0. The number of hydrogen-bond donors (Lipinski definition) is 1. The van der Waals surface area contributed by atoms with Crippen LogP contribution in [0.5, 0.6) is 0 Å². The van der Waals surface area contributed by atoms with Crippen molar-refractivity contribution in [3.05, 3.63) is 65.4 Å². The molecule has 0 saturated heterocycles. The summed E-state index contributed by atoms with van der Waals surface area (Å²) >= 11 is 0. The summed E-state index contributed by atoms with van der Waals surface area (Å²) in [5.41, 5.74) is 3.24. The predicted octanol–water partition coefficient (Wildman–Crippen LogP) is 4.61. The van der Waals surface area contributed by atoms with Crippen molar-refractivity contribution < 1.29 is 4.42 Å². The Bertz CT molecular complexity index is 1230. The van der Waals surface area contributed by atoms with Gasteiger partial charge in [-0.3, -0.25) is 4.40 Å². The van der Waals surface area contributed by atoms with Crippen LogP contribution in [0.3, 0.4) is 0 Å². The Kier molecular flexibility index (Phi) is 4.59. The average molecular weight is 385 g/mol. The van der Waals surface area contributed by atoms with Crippen LogP contribution in [0.25, 0.3) is 17.2 Å². The topological polar surface area (TPSA) is 68.2 Å². The first kappa shape index (κ1) is 18.8. The van der Waals surface area contributed by atoms with Gasteiger partial charge in [0.05, 0.1) is 0 Å². The number of aromatic nitrogens is 4. The first-order chi connectivity index (χ1) is 13.8. The van der Waals surface area contributed by atoms with Gasteiger partial charge in [-0.1, -0.05) is 6.07 Å². The Labute approximate surface area is 170 Å². The molecular weight excluding hydrogens is 362 g/mol. The lowest BCUT2D eigenvalue weighted by Crippen LogP contribution is -2.27. The fourth-order valence-corrected chi connectivity index (χ4v) is 3.11. The van der Waals surface area contributed by atoms with Crippen molar-refractivity contribution in [3.8, 4) is 23.3 Å². The minimum absolute atomic E-state index is 0.157. The molecule has 0 aliphatic carbocycles. The molecule has 6 heteroatoms.